The van der Waals surface area contributed by atoms with E-state index in [1.54, 1.807) is 18.5 Å². The minimum Gasteiger partial charge on any atom is -0.296 e. The van der Waals surface area contributed by atoms with Gasteiger partial charge in [0.25, 0.3) is 11.1 Å². The van der Waals surface area contributed by atoms with Crippen LogP contribution in [0, 0.1) is 35.0 Å². The summed E-state index contributed by atoms with van der Waals surface area (Å²) < 4.78 is 4.65. The van der Waals surface area contributed by atoms with Crippen molar-refractivity contribution < 1.29 is 0 Å². The third kappa shape index (κ3) is 8.51. The standard InChI is InChI=1S/C21H19N3O.C14H15BrN2O.C7H5N/c1-21(2)11-10-19-23-18-13-15(6-8-16-5-3-4-12-22-16)7-9-17(18)20(25)24(19)14-21;1-14(2)6-5-12-16-11-7-9(15)3-4-10(11)13(18)17(12)8-14;1-2-7-5-3-4-6-8-7/h3-5,7,9,12-13H,10-11,14H2,1-2H3;3-4,7H,5-6,8H2,1-2H3;1,3-6H. The van der Waals surface area contributed by atoms with Gasteiger partial charge in [0.1, 0.15) is 23.0 Å². The third-order valence-electron chi connectivity index (χ3n) is 9.07. The van der Waals surface area contributed by atoms with Crippen LogP contribution in [0.2, 0.25) is 0 Å². The van der Waals surface area contributed by atoms with Gasteiger partial charge in [-0.1, -0.05) is 67.6 Å². The first-order valence-corrected chi connectivity index (χ1v) is 17.7. The second-order valence-electron chi connectivity index (χ2n) is 14.4. The van der Waals surface area contributed by atoms with Crippen LogP contribution in [-0.2, 0) is 25.9 Å². The molecule has 0 fully saturated rings. The van der Waals surface area contributed by atoms with Crippen LogP contribution in [0.25, 0.3) is 21.8 Å². The van der Waals surface area contributed by atoms with Gasteiger partial charge >= 0.3 is 0 Å². The zero-order chi connectivity index (χ0) is 36.2. The van der Waals surface area contributed by atoms with E-state index in [4.69, 9.17) is 11.4 Å². The van der Waals surface area contributed by atoms with Gasteiger partial charge in [0.2, 0.25) is 0 Å². The van der Waals surface area contributed by atoms with Crippen molar-refractivity contribution in [1.82, 2.24) is 29.1 Å². The number of hydrogen-bond acceptors (Lipinski definition) is 6. The molecule has 6 heterocycles. The predicted molar refractivity (Wildman–Crippen MR) is 206 cm³/mol. The number of fused-ring (bicyclic) bond motifs is 4. The molecule has 51 heavy (non-hydrogen) atoms. The Balaban J connectivity index is 0.000000150. The smallest absolute Gasteiger partial charge is 0.261 e. The van der Waals surface area contributed by atoms with Gasteiger partial charge in [-0.3, -0.25) is 18.7 Å². The van der Waals surface area contributed by atoms with E-state index < -0.39 is 0 Å². The largest absolute Gasteiger partial charge is 0.296 e. The number of terminal acetylenes is 1. The van der Waals surface area contributed by atoms with Gasteiger partial charge in [-0.05, 0) is 90.3 Å². The molecule has 0 spiro atoms. The van der Waals surface area contributed by atoms with Crippen molar-refractivity contribution >= 4 is 37.7 Å². The minimum absolute atomic E-state index is 0.0528. The van der Waals surface area contributed by atoms with Crippen molar-refractivity contribution in [2.75, 3.05) is 0 Å². The fourth-order valence-electron chi connectivity index (χ4n) is 6.23. The van der Waals surface area contributed by atoms with E-state index in [-0.39, 0.29) is 21.9 Å². The predicted octanol–water partition coefficient (Wildman–Crippen LogP) is 7.36. The van der Waals surface area contributed by atoms with Crippen molar-refractivity contribution in [3.8, 4) is 24.2 Å². The quantitative estimate of drug-likeness (QED) is 0.151. The maximum absolute atomic E-state index is 12.8. The van der Waals surface area contributed by atoms with Crippen LogP contribution in [0.5, 0.6) is 0 Å². The number of nitrogens with zero attached hydrogens (tertiary/aromatic N) is 6. The highest BCUT2D eigenvalue weighted by Gasteiger charge is 2.28. The average Bonchev–Trinajstić information content (AvgIpc) is 3.12. The molecule has 0 radical (unpaired) electrons. The van der Waals surface area contributed by atoms with Gasteiger partial charge in [0.15, 0.2) is 0 Å². The zero-order valence-corrected chi connectivity index (χ0v) is 30.9. The molecule has 9 heteroatoms. The Hall–Kier alpha value is -5.38. The summed E-state index contributed by atoms with van der Waals surface area (Å²) in [4.78, 5) is 42.7. The second kappa shape index (κ2) is 14.8. The van der Waals surface area contributed by atoms with Crippen LogP contribution >= 0.6 is 15.9 Å². The van der Waals surface area contributed by atoms with Gasteiger partial charge in [0.05, 0.1) is 21.8 Å². The van der Waals surface area contributed by atoms with Crippen molar-refractivity contribution in [3.05, 3.63) is 139 Å². The molecule has 8 rings (SSSR count). The summed E-state index contributed by atoms with van der Waals surface area (Å²) in [6, 6.07) is 22.4. The van der Waals surface area contributed by atoms with E-state index in [1.165, 1.54) is 0 Å². The van der Waals surface area contributed by atoms with E-state index in [2.05, 4.69) is 76.3 Å². The number of rotatable bonds is 0. The Labute approximate surface area is 306 Å². The summed E-state index contributed by atoms with van der Waals surface area (Å²) in [5.74, 6) is 10.4. The molecule has 4 aromatic heterocycles. The SMILES string of the molecule is C#Cc1ccccn1.CC1(C)CCc2nc3cc(Br)ccc3c(=O)n2C1.CC1(C)CCc2nc3cc(C#Cc4ccccn4)ccc3c(=O)n2C1. The molecule has 2 aromatic carbocycles. The summed E-state index contributed by atoms with van der Waals surface area (Å²) in [5, 5.41) is 1.37. The first-order valence-electron chi connectivity index (χ1n) is 16.9. The first kappa shape index (κ1) is 35.4. The Morgan fingerprint density at radius 2 is 1.22 bits per heavy atom. The highest BCUT2D eigenvalue weighted by atomic mass is 79.9. The lowest BCUT2D eigenvalue weighted by Gasteiger charge is -2.31. The van der Waals surface area contributed by atoms with E-state index in [1.807, 2.05) is 75.9 Å². The molecule has 256 valence electrons. The van der Waals surface area contributed by atoms with Gasteiger partial charge in [-0.2, -0.15) is 0 Å². The minimum atomic E-state index is 0.0528. The second-order valence-corrected chi connectivity index (χ2v) is 15.3. The van der Waals surface area contributed by atoms with Gasteiger partial charge in [-0.15, -0.1) is 6.42 Å². The van der Waals surface area contributed by atoms with Gasteiger partial charge in [0, 0.05) is 48.4 Å². The molecule has 0 N–H and O–H groups in total. The number of pyridine rings is 2. The molecule has 0 unspecified atom stereocenters. The Kier molecular flexibility index (Phi) is 10.3. The Morgan fingerprint density at radius 1 is 0.686 bits per heavy atom. The average molecular weight is 740 g/mol. The number of aromatic nitrogens is 6. The Morgan fingerprint density at radius 3 is 1.73 bits per heavy atom. The highest BCUT2D eigenvalue weighted by Crippen LogP contribution is 2.31. The summed E-state index contributed by atoms with van der Waals surface area (Å²) >= 11 is 3.42. The molecule has 2 aliphatic heterocycles. The van der Waals surface area contributed by atoms with Crippen molar-refractivity contribution in [1.29, 1.82) is 0 Å². The lowest BCUT2D eigenvalue weighted by atomic mass is 9.85. The summed E-state index contributed by atoms with van der Waals surface area (Å²) in [6.07, 6.45) is 12.3. The van der Waals surface area contributed by atoms with Crippen LogP contribution in [0.3, 0.4) is 0 Å². The number of halogens is 1. The molecule has 0 amide bonds. The van der Waals surface area contributed by atoms with E-state index >= 15 is 0 Å². The molecule has 8 nitrogen and oxygen atoms in total. The molecule has 2 aliphatic rings. The van der Waals surface area contributed by atoms with E-state index in [0.717, 1.165) is 77.2 Å². The number of aryl methyl sites for hydroxylation is 2. The normalized spacial score (nSPS) is 15.0. The maximum Gasteiger partial charge on any atom is 0.261 e. The van der Waals surface area contributed by atoms with Crippen LogP contribution < -0.4 is 11.1 Å². The van der Waals surface area contributed by atoms with Crippen molar-refractivity contribution in [3.63, 3.8) is 0 Å². The fourth-order valence-corrected chi connectivity index (χ4v) is 6.58. The molecular weight excluding hydrogens is 700 g/mol. The lowest BCUT2D eigenvalue weighted by Crippen LogP contribution is -2.36. The third-order valence-corrected chi connectivity index (χ3v) is 9.56. The maximum atomic E-state index is 12.8. The van der Waals surface area contributed by atoms with E-state index in [0.29, 0.717) is 16.5 Å². The lowest BCUT2D eigenvalue weighted by molar-refractivity contribution is 0.240. The molecule has 0 atom stereocenters. The molecular formula is C42H39BrN6O2. The van der Waals surface area contributed by atoms with Crippen molar-refractivity contribution in [2.45, 2.75) is 66.5 Å². The van der Waals surface area contributed by atoms with Gasteiger partial charge in [-0.25, -0.2) is 19.9 Å². The van der Waals surface area contributed by atoms with Crippen LogP contribution in [0.1, 0.15) is 69.1 Å². The monoisotopic (exact) mass is 738 g/mol. The molecule has 0 saturated carbocycles. The molecule has 0 saturated heterocycles. The Bertz CT molecular complexity index is 2450. The summed E-state index contributed by atoms with van der Waals surface area (Å²) in [5.41, 5.74) is 4.24. The zero-order valence-electron chi connectivity index (χ0n) is 29.3. The van der Waals surface area contributed by atoms with Gasteiger partial charge < -0.3 is 0 Å². The number of hydrogen-bond donors (Lipinski definition) is 0. The molecule has 6 aromatic rings. The van der Waals surface area contributed by atoms with Crippen molar-refractivity contribution in [2.24, 2.45) is 10.8 Å². The summed E-state index contributed by atoms with van der Waals surface area (Å²) in [7, 11) is 0. The molecule has 0 bridgehead atoms. The van der Waals surface area contributed by atoms with Crippen LogP contribution in [-0.4, -0.2) is 29.1 Å². The van der Waals surface area contributed by atoms with Crippen LogP contribution in [0.4, 0.5) is 0 Å². The van der Waals surface area contributed by atoms with Crippen LogP contribution in [0.15, 0.2) is 99.3 Å². The summed E-state index contributed by atoms with van der Waals surface area (Å²) in [6.45, 7) is 10.3. The molecule has 0 aliphatic carbocycles. The topological polar surface area (TPSA) is 95.6 Å². The first-order chi connectivity index (χ1) is 24.4. The number of benzene rings is 2. The fraction of sp³-hybridized carbons (Fsp3) is 0.286. The van der Waals surface area contributed by atoms with E-state index in [9.17, 15) is 9.59 Å². The highest BCUT2D eigenvalue weighted by molar-refractivity contribution is 9.10.